The normalized spacial score (nSPS) is 14.0. The van der Waals surface area contributed by atoms with Gasteiger partial charge in [0.1, 0.15) is 5.82 Å². The highest BCUT2D eigenvalue weighted by molar-refractivity contribution is 9.10. The summed E-state index contributed by atoms with van der Waals surface area (Å²) in [5, 5.41) is 0. The van der Waals surface area contributed by atoms with Crippen molar-refractivity contribution in [2.75, 3.05) is 20.2 Å². The van der Waals surface area contributed by atoms with Crippen molar-refractivity contribution in [3.8, 4) is 0 Å². The minimum Gasteiger partial charge on any atom is -0.469 e. The molecular formula is C16H25BrFNO2. The van der Waals surface area contributed by atoms with E-state index in [-0.39, 0.29) is 17.7 Å². The average molecular weight is 362 g/mol. The Morgan fingerprint density at radius 2 is 1.90 bits per heavy atom. The summed E-state index contributed by atoms with van der Waals surface area (Å²) in [6.07, 6.45) is 0. The van der Waals surface area contributed by atoms with Crippen molar-refractivity contribution in [1.29, 1.82) is 0 Å². The number of hydrogen-bond donors (Lipinski definition) is 0. The number of esters is 1. The molecule has 3 nitrogen and oxygen atoms in total. The predicted molar refractivity (Wildman–Crippen MR) is 87.6 cm³/mol. The van der Waals surface area contributed by atoms with Gasteiger partial charge in [-0.25, -0.2) is 4.39 Å². The number of carbonyl (C=O) groups excluding carboxylic acids is 1. The molecule has 0 unspecified atom stereocenters. The third-order valence-electron chi connectivity index (χ3n) is 2.88. The average Bonchev–Trinajstić information content (AvgIpc) is 2.49. The second-order valence-corrected chi connectivity index (χ2v) is 5.02. The van der Waals surface area contributed by atoms with Crippen LogP contribution < -0.4 is 0 Å². The van der Waals surface area contributed by atoms with E-state index in [1.807, 2.05) is 33.8 Å². The first-order chi connectivity index (χ1) is 10.1. The van der Waals surface area contributed by atoms with Crippen LogP contribution in [0.2, 0.25) is 0 Å². The van der Waals surface area contributed by atoms with Gasteiger partial charge in [-0.05, 0) is 33.6 Å². The molecule has 2 rings (SSSR count). The van der Waals surface area contributed by atoms with Gasteiger partial charge in [-0.3, -0.25) is 9.69 Å². The zero-order chi connectivity index (χ0) is 16.4. The minimum atomic E-state index is -0.257. The molecule has 0 spiro atoms. The summed E-state index contributed by atoms with van der Waals surface area (Å²) in [5.41, 5.74) is 0.911. The van der Waals surface area contributed by atoms with Gasteiger partial charge in [-0.1, -0.05) is 33.8 Å². The Kier molecular flexibility index (Phi) is 10.3. The highest BCUT2D eigenvalue weighted by Gasteiger charge is 2.33. The number of likely N-dealkylation sites (tertiary alicyclic amines) is 1. The first-order valence-corrected chi connectivity index (χ1v) is 8.13. The van der Waals surface area contributed by atoms with Crippen LogP contribution in [-0.4, -0.2) is 31.1 Å². The maximum absolute atomic E-state index is 13.3. The van der Waals surface area contributed by atoms with Crippen LogP contribution in [0.4, 0.5) is 4.39 Å². The summed E-state index contributed by atoms with van der Waals surface area (Å²) in [6.45, 7) is 10.0. The van der Waals surface area contributed by atoms with Gasteiger partial charge >= 0.3 is 5.97 Å². The van der Waals surface area contributed by atoms with Crippen LogP contribution in [0.25, 0.3) is 0 Å². The van der Waals surface area contributed by atoms with Crippen LogP contribution in [0.15, 0.2) is 22.7 Å². The fraction of sp³-hybridized carbons (Fsp3) is 0.562. The maximum Gasteiger partial charge on any atom is 0.311 e. The van der Waals surface area contributed by atoms with E-state index in [2.05, 4.69) is 25.6 Å². The quantitative estimate of drug-likeness (QED) is 0.753. The predicted octanol–water partition coefficient (Wildman–Crippen LogP) is 4.25. The van der Waals surface area contributed by atoms with Gasteiger partial charge in [0.05, 0.1) is 17.5 Å². The van der Waals surface area contributed by atoms with Crippen molar-refractivity contribution >= 4 is 21.9 Å². The maximum atomic E-state index is 13.3. The van der Waals surface area contributed by atoms with Crippen LogP contribution in [0.3, 0.4) is 0 Å². The highest BCUT2D eigenvalue weighted by Crippen LogP contribution is 2.22. The van der Waals surface area contributed by atoms with E-state index in [1.165, 1.54) is 13.2 Å². The standard InChI is InChI=1S/C12H13BrFNO2.2C2H6/c1-17-12(16)9-6-15(7-9)5-8-2-3-10(13)11(14)4-8;2*1-2/h2-4,9H,5-7H2,1H3;2*1-2H3. The summed E-state index contributed by atoms with van der Waals surface area (Å²) in [4.78, 5) is 13.3. The zero-order valence-corrected chi connectivity index (χ0v) is 15.0. The van der Waals surface area contributed by atoms with Gasteiger partial charge in [-0.15, -0.1) is 0 Å². The Morgan fingerprint density at radius 1 is 1.33 bits per heavy atom. The largest absolute Gasteiger partial charge is 0.469 e. The number of rotatable bonds is 3. The molecule has 1 aliphatic rings. The molecule has 0 aromatic heterocycles. The second-order valence-electron chi connectivity index (χ2n) is 4.16. The first-order valence-electron chi connectivity index (χ1n) is 7.34. The molecule has 1 saturated heterocycles. The second kappa shape index (κ2) is 10.7. The number of nitrogens with zero attached hydrogens (tertiary/aromatic N) is 1. The number of halogens is 2. The number of hydrogen-bond acceptors (Lipinski definition) is 3. The van der Waals surface area contributed by atoms with Crippen LogP contribution in [-0.2, 0) is 16.1 Å². The third-order valence-corrected chi connectivity index (χ3v) is 3.52. The molecule has 1 heterocycles. The van der Waals surface area contributed by atoms with E-state index < -0.39 is 0 Å². The summed E-state index contributed by atoms with van der Waals surface area (Å²) in [6, 6.07) is 5.08. The molecule has 0 N–H and O–H groups in total. The minimum absolute atomic E-state index is 0.0275. The van der Waals surface area contributed by atoms with Crippen molar-refractivity contribution in [2.45, 2.75) is 34.2 Å². The lowest BCUT2D eigenvalue weighted by Gasteiger charge is -2.37. The van der Waals surface area contributed by atoms with Crippen molar-refractivity contribution < 1.29 is 13.9 Å². The van der Waals surface area contributed by atoms with Crippen LogP contribution in [0.1, 0.15) is 33.3 Å². The Bertz CT molecular complexity index is 434. The Balaban J connectivity index is 0.000000921. The summed E-state index contributed by atoms with van der Waals surface area (Å²) >= 11 is 3.11. The fourth-order valence-corrected chi connectivity index (χ4v) is 2.16. The fourth-order valence-electron chi connectivity index (χ4n) is 1.91. The van der Waals surface area contributed by atoms with Crippen LogP contribution in [0.5, 0.6) is 0 Å². The lowest BCUT2D eigenvalue weighted by atomic mass is 9.99. The zero-order valence-electron chi connectivity index (χ0n) is 13.5. The molecule has 0 amide bonds. The molecule has 21 heavy (non-hydrogen) atoms. The van der Waals surface area contributed by atoms with Crippen molar-refractivity contribution in [3.05, 3.63) is 34.1 Å². The molecule has 1 aliphatic heterocycles. The van der Waals surface area contributed by atoms with Gasteiger partial charge in [0, 0.05) is 19.6 Å². The smallest absolute Gasteiger partial charge is 0.311 e. The van der Waals surface area contributed by atoms with Gasteiger partial charge in [0.15, 0.2) is 0 Å². The van der Waals surface area contributed by atoms with E-state index in [0.29, 0.717) is 24.1 Å². The number of carbonyl (C=O) groups is 1. The molecule has 0 bridgehead atoms. The molecule has 0 radical (unpaired) electrons. The van der Waals surface area contributed by atoms with Gasteiger partial charge in [0.2, 0.25) is 0 Å². The van der Waals surface area contributed by atoms with E-state index in [9.17, 15) is 9.18 Å². The molecule has 1 aromatic carbocycles. The Labute approximate surface area is 135 Å². The molecule has 120 valence electrons. The van der Waals surface area contributed by atoms with Gasteiger partial charge < -0.3 is 4.74 Å². The summed E-state index contributed by atoms with van der Waals surface area (Å²) < 4.78 is 18.4. The highest BCUT2D eigenvalue weighted by atomic mass is 79.9. The van der Waals surface area contributed by atoms with Crippen LogP contribution in [0, 0.1) is 11.7 Å². The van der Waals surface area contributed by atoms with Gasteiger partial charge in [-0.2, -0.15) is 0 Å². The number of benzene rings is 1. The lowest BCUT2D eigenvalue weighted by molar-refractivity contribution is -0.151. The summed E-state index contributed by atoms with van der Waals surface area (Å²) in [5.74, 6) is -0.448. The first kappa shape index (κ1) is 20.1. The van der Waals surface area contributed by atoms with E-state index in [0.717, 1.165) is 5.56 Å². The molecule has 1 aromatic rings. The van der Waals surface area contributed by atoms with E-state index in [1.54, 1.807) is 6.07 Å². The Hall–Kier alpha value is -0.940. The summed E-state index contributed by atoms with van der Waals surface area (Å²) in [7, 11) is 1.40. The van der Waals surface area contributed by atoms with Crippen molar-refractivity contribution in [2.24, 2.45) is 5.92 Å². The lowest BCUT2D eigenvalue weighted by Crippen LogP contribution is -2.49. The Morgan fingerprint density at radius 3 is 2.38 bits per heavy atom. The molecule has 0 atom stereocenters. The van der Waals surface area contributed by atoms with Crippen molar-refractivity contribution in [1.82, 2.24) is 4.90 Å². The molecule has 0 saturated carbocycles. The number of ether oxygens (including phenoxy) is 1. The monoisotopic (exact) mass is 361 g/mol. The molecular weight excluding hydrogens is 337 g/mol. The van der Waals surface area contributed by atoms with Crippen molar-refractivity contribution in [3.63, 3.8) is 0 Å². The van der Waals surface area contributed by atoms with Crippen LogP contribution >= 0.6 is 15.9 Å². The number of methoxy groups -OCH3 is 1. The third kappa shape index (κ3) is 6.14. The SMILES string of the molecule is CC.CC.COC(=O)C1CN(Cc2ccc(Br)c(F)c2)C1. The van der Waals surface area contributed by atoms with E-state index >= 15 is 0 Å². The topological polar surface area (TPSA) is 29.5 Å². The molecule has 5 heteroatoms. The molecule has 0 aliphatic carbocycles. The van der Waals surface area contributed by atoms with Gasteiger partial charge in [0.25, 0.3) is 0 Å². The molecule has 1 fully saturated rings. The van der Waals surface area contributed by atoms with E-state index in [4.69, 9.17) is 0 Å².